The van der Waals surface area contributed by atoms with Crippen LogP contribution in [0.3, 0.4) is 0 Å². The molecule has 100 valence electrons. The van der Waals surface area contributed by atoms with E-state index >= 15 is 0 Å². The van der Waals surface area contributed by atoms with Crippen LogP contribution in [-0.2, 0) is 19.6 Å². The van der Waals surface area contributed by atoms with Crippen molar-refractivity contribution in [3.63, 3.8) is 0 Å². The van der Waals surface area contributed by atoms with Crippen LogP contribution in [0.15, 0.2) is 0 Å². The Morgan fingerprint density at radius 3 is 2.47 bits per heavy atom. The molecule has 0 aromatic carbocycles. The van der Waals surface area contributed by atoms with E-state index in [0.717, 1.165) is 12.8 Å². The minimum absolute atomic E-state index is 0.230. The number of piperidine rings is 1. The first-order valence-electron chi connectivity index (χ1n) is 5.69. The van der Waals surface area contributed by atoms with Crippen molar-refractivity contribution in [2.45, 2.75) is 25.3 Å². The van der Waals surface area contributed by atoms with Crippen molar-refractivity contribution >= 4 is 16.0 Å². The van der Waals surface area contributed by atoms with E-state index in [1.54, 1.807) is 0 Å². The van der Waals surface area contributed by atoms with Crippen LogP contribution in [0.4, 0.5) is 0 Å². The zero-order valence-corrected chi connectivity index (χ0v) is 11.1. The highest BCUT2D eigenvalue weighted by Gasteiger charge is 2.24. The number of nitrogens with one attached hydrogen (secondary N) is 1. The van der Waals surface area contributed by atoms with Gasteiger partial charge in [-0.05, 0) is 12.8 Å². The van der Waals surface area contributed by atoms with E-state index in [4.69, 9.17) is 0 Å². The number of carbonyl (C=O) groups excluding carboxylic acids is 1. The van der Waals surface area contributed by atoms with Gasteiger partial charge >= 0.3 is 5.97 Å². The molecule has 0 bridgehead atoms. The molecule has 1 heterocycles. The molecule has 0 spiro atoms. The van der Waals surface area contributed by atoms with Crippen molar-refractivity contribution in [2.75, 3.05) is 33.0 Å². The number of carbonyl (C=O) groups is 1. The van der Waals surface area contributed by atoms with Gasteiger partial charge in [0.25, 0.3) is 0 Å². The largest absolute Gasteiger partial charge is 0.469 e. The van der Waals surface area contributed by atoms with Crippen molar-refractivity contribution in [3.05, 3.63) is 0 Å². The first-order chi connectivity index (χ1) is 7.93. The quantitative estimate of drug-likeness (QED) is 0.682. The first-order valence-corrected chi connectivity index (χ1v) is 7.53. The Labute approximate surface area is 102 Å². The molecule has 0 amide bonds. The van der Waals surface area contributed by atoms with Crippen molar-refractivity contribution in [3.8, 4) is 0 Å². The van der Waals surface area contributed by atoms with E-state index in [2.05, 4.69) is 10.1 Å². The first kappa shape index (κ1) is 14.4. The molecule has 1 rings (SSSR count). The molecule has 6 nitrogen and oxygen atoms in total. The summed E-state index contributed by atoms with van der Waals surface area (Å²) in [6.45, 7) is 1.68. The van der Waals surface area contributed by atoms with Crippen molar-refractivity contribution < 1.29 is 17.9 Å². The van der Waals surface area contributed by atoms with Crippen LogP contribution in [0, 0.1) is 0 Å². The van der Waals surface area contributed by atoms with Crippen LogP contribution >= 0.6 is 0 Å². The lowest BCUT2D eigenvalue weighted by Crippen LogP contribution is -2.44. The zero-order valence-electron chi connectivity index (χ0n) is 10.3. The molecule has 0 unspecified atom stereocenters. The maximum absolute atomic E-state index is 11.3. The third kappa shape index (κ3) is 5.01. The molecule has 0 atom stereocenters. The third-order valence-electron chi connectivity index (χ3n) is 2.91. The molecule has 1 saturated heterocycles. The smallest absolute Gasteiger partial charge is 0.306 e. The molecule has 1 fully saturated rings. The Bertz CT molecular complexity index is 347. The summed E-state index contributed by atoms with van der Waals surface area (Å²) in [4.78, 5) is 10.9. The number of hydrogen-bond donors (Lipinski definition) is 1. The Kier molecular flexibility index (Phi) is 5.35. The second-order valence-electron chi connectivity index (χ2n) is 4.22. The number of sulfonamides is 1. The number of esters is 1. The van der Waals surface area contributed by atoms with Crippen LogP contribution in [0.25, 0.3) is 0 Å². The van der Waals surface area contributed by atoms with E-state index in [-0.39, 0.29) is 12.0 Å². The zero-order chi connectivity index (χ0) is 12.9. The van der Waals surface area contributed by atoms with Crippen LogP contribution in [-0.4, -0.2) is 57.7 Å². The maximum Gasteiger partial charge on any atom is 0.306 e. The highest BCUT2D eigenvalue weighted by atomic mass is 32.2. The lowest BCUT2D eigenvalue weighted by molar-refractivity contribution is -0.140. The minimum atomic E-state index is -3.06. The normalized spacial score (nSPS) is 19.2. The summed E-state index contributed by atoms with van der Waals surface area (Å²) >= 11 is 0. The predicted octanol–water partition coefficient (Wildman–Crippen LogP) is -0.437. The summed E-state index contributed by atoms with van der Waals surface area (Å²) in [7, 11) is -1.69. The fourth-order valence-corrected chi connectivity index (χ4v) is 2.75. The Morgan fingerprint density at radius 1 is 1.41 bits per heavy atom. The number of hydrogen-bond acceptors (Lipinski definition) is 5. The van der Waals surface area contributed by atoms with Crippen LogP contribution in [0.2, 0.25) is 0 Å². The van der Waals surface area contributed by atoms with E-state index in [1.807, 2.05) is 0 Å². The minimum Gasteiger partial charge on any atom is -0.469 e. The summed E-state index contributed by atoms with van der Waals surface area (Å²) in [5.41, 5.74) is 0. The number of rotatable bonds is 5. The Morgan fingerprint density at radius 2 is 2.00 bits per heavy atom. The Hall–Kier alpha value is -0.660. The lowest BCUT2D eigenvalue weighted by atomic mass is 10.1. The number of ether oxygens (including phenoxy) is 1. The molecule has 17 heavy (non-hydrogen) atoms. The highest BCUT2D eigenvalue weighted by molar-refractivity contribution is 7.88. The summed E-state index contributed by atoms with van der Waals surface area (Å²) in [6.07, 6.45) is 3.16. The van der Waals surface area contributed by atoms with Gasteiger partial charge < -0.3 is 10.1 Å². The van der Waals surface area contributed by atoms with Gasteiger partial charge in [0.05, 0.1) is 19.8 Å². The lowest BCUT2D eigenvalue weighted by Gasteiger charge is -2.30. The molecule has 0 saturated carbocycles. The average Bonchev–Trinajstić information content (AvgIpc) is 2.28. The topological polar surface area (TPSA) is 75.7 Å². The van der Waals surface area contributed by atoms with Gasteiger partial charge in [-0.2, -0.15) is 0 Å². The van der Waals surface area contributed by atoms with Gasteiger partial charge in [0.15, 0.2) is 0 Å². The van der Waals surface area contributed by atoms with Gasteiger partial charge in [0, 0.05) is 25.7 Å². The van der Waals surface area contributed by atoms with E-state index in [1.165, 1.54) is 17.7 Å². The summed E-state index contributed by atoms with van der Waals surface area (Å²) < 4.78 is 28.6. The third-order valence-corrected chi connectivity index (χ3v) is 4.22. The second-order valence-corrected chi connectivity index (χ2v) is 6.20. The van der Waals surface area contributed by atoms with Crippen molar-refractivity contribution in [1.29, 1.82) is 0 Å². The number of methoxy groups -OCH3 is 1. The molecule has 1 aliphatic heterocycles. The molecular weight excluding hydrogens is 244 g/mol. The fraction of sp³-hybridized carbons (Fsp3) is 0.900. The van der Waals surface area contributed by atoms with Gasteiger partial charge in [-0.3, -0.25) is 4.79 Å². The summed E-state index contributed by atoms with van der Waals surface area (Å²) in [5, 5.41) is 3.24. The van der Waals surface area contributed by atoms with E-state index in [0.29, 0.717) is 26.1 Å². The molecule has 1 N–H and O–H groups in total. The summed E-state index contributed by atoms with van der Waals surface area (Å²) in [6, 6.07) is 0.289. The van der Waals surface area contributed by atoms with Gasteiger partial charge in [0.1, 0.15) is 0 Å². The average molecular weight is 264 g/mol. The molecule has 7 heteroatoms. The molecule has 0 aliphatic carbocycles. The van der Waals surface area contributed by atoms with Crippen LogP contribution < -0.4 is 5.32 Å². The molecule has 1 aliphatic rings. The van der Waals surface area contributed by atoms with Crippen molar-refractivity contribution in [1.82, 2.24) is 9.62 Å². The molecule has 0 radical (unpaired) electrons. The molecular formula is C10H20N2O4S. The van der Waals surface area contributed by atoms with Gasteiger partial charge in [-0.25, -0.2) is 12.7 Å². The van der Waals surface area contributed by atoms with Crippen molar-refractivity contribution in [2.24, 2.45) is 0 Å². The monoisotopic (exact) mass is 264 g/mol. The molecule has 0 aromatic rings. The second kappa shape index (κ2) is 6.32. The maximum atomic E-state index is 11.3. The van der Waals surface area contributed by atoms with Crippen LogP contribution in [0.5, 0.6) is 0 Å². The molecule has 0 aromatic heterocycles. The Balaban J connectivity index is 2.22. The summed E-state index contributed by atoms with van der Waals surface area (Å²) in [5.74, 6) is -0.230. The van der Waals surface area contributed by atoms with Gasteiger partial charge in [0.2, 0.25) is 10.0 Å². The fourth-order valence-electron chi connectivity index (χ4n) is 1.87. The van der Waals surface area contributed by atoms with E-state index in [9.17, 15) is 13.2 Å². The van der Waals surface area contributed by atoms with Crippen LogP contribution in [0.1, 0.15) is 19.3 Å². The van der Waals surface area contributed by atoms with Gasteiger partial charge in [-0.1, -0.05) is 0 Å². The van der Waals surface area contributed by atoms with Gasteiger partial charge in [-0.15, -0.1) is 0 Å². The highest BCUT2D eigenvalue weighted by Crippen LogP contribution is 2.12. The number of nitrogens with zero attached hydrogens (tertiary/aromatic N) is 1. The SMILES string of the molecule is COC(=O)CCNC1CCN(S(C)(=O)=O)CC1. The standard InChI is InChI=1S/C10H20N2O4S/c1-16-10(13)3-6-11-9-4-7-12(8-5-9)17(2,14)15/h9,11H,3-8H2,1-2H3. The van der Waals surface area contributed by atoms with E-state index < -0.39 is 10.0 Å². The predicted molar refractivity (Wildman–Crippen MR) is 64.1 cm³/mol.